The highest BCUT2D eigenvalue weighted by molar-refractivity contribution is 7.19. The molecule has 1 heterocycles. The average Bonchev–Trinajstić information content (AvgIpc) is 2.68. The third kappa shape index (κ3) is 3.10. The molecule has 2 nitrogen and oxygen atoms in total. The second-order valence-corrected chi connectivity index (χ2v) is 6.05. The number of rotatable bonds is 6. The number of nitrogens with one attached hydrogen (secondary N) is 1. The molecule has 0 aliphatic heterocycles. The van der Waals surface area contributed by atoms with Gasteiger partial charge >= 0.3 is 0 Å². The zero-order chi connectivity index (χ0) is 13.0. The van der Waals surface area contributed by atoms with Gasteiger partial charge in [0, 0.05) is 22.7 Å². The van der Waals surface area contributed by atoms with Crippen molar-refractivity contribution in [2.45, 2.75) is 26.4 Å². The fourth-order valence-corrected chi connectivity index (χ4v) is 3.35. The first-order chi connectivity index (χ1) is 8.72. The van der Waals surface area contributed by atoms with Gasteiger partial charge < -0.3 is 10.2 Å². The fourth-order valence-electron chi connectivity index (χ4n) is 2.16. The van der Waals surface area contributed by atoms with Gasteiger partial charge in [0.15, 0.2) is 0 Å². The van der Waals surface area contributed by atoms with Gasteiger partial charge in [-0.25, -0.2) is 0 Å². The summed E-state index contributed by atoms with van der Waals surface area (Å²) in [6.07, 6.45) is 1.19. The average molecular weight is 262 g/mol. The van der Waals surface area contributed by atoms with Crippen molar-refractivity contribution in [1.82, 2.24) is 10.2 Å². The third-order valence-electron chi connectivity index (χ3n) is 2.97. The van der Waals surface area contributed by atoms with Crippen molar-refractivity contribution in [2.24, 2.45) is 0 Å². The number of thiophene rings is 1. The molecule has 0 radical (unpaired) electrons. The molecule has 1 aromatic heterocycles. The van der Waals surface area contributed by atoms with Crippen LogP contribution in [-0.4, -0.2) is 25.5 Å². The van der Waals surface area contributed by atoms with Gasteiger partial charge in [-0.15, -0.1) is 11.3 Å². The topological polar surface area (TPSA) is 15.3 Å². The molecule has 0 amide bonds. The first-order valence-electron chi connectivity index (χ1n) is 6.57. The van der Waals surface area contributed by atoms with E-state index in [0.717, 1.165) is 19.6 Å². The van der Waals surface area contributed by atoms with Crippen LogP contribution in [0.3, 0.4) is 0 Å². The lowest BCUT2D eigenvalue weighted by molar-refractivity contribution is 0.403. The molecule has 0 saturated carbocycles. The number of hydrogen-bond acceptors (Lipinski definition) is 3. The van der Waals surface area contributed by atoms with Crippen LogP contribution in [0.5, 0.6) is 0 Å². The Hall–Kier alpha value is -0.900. The minimum Gasteiger partial charge on any atom is -0.312 e. The summed E-state index contributed by atoms with van der Waals surface area (Å²) < 4.78 is 1.41. The molecular formula is C15H22N2S. The van der Waals surface area contributed by atoms with Crippen molar-refractivity contribution in [3.63, 3.8) is 0 Å². The Balaban J connectivity index is 2.30. The second kappa shape index (κ2) is 6.32. The zero-order valence-corrected chi connectivity index (χ0v) is 12.3. The van der Waals surface area contributed by atoms with E-state index in [1.165, 1.54) is 26.9 Å². The smallest absolute Gasteiger partial charge is 0.0349 e. The SMILES string of the molecule is CCCNCc1sc2ccccc2c1CN(C)C. The van der Waals surface area contributed by atoms with Gasteiger partial charge in [-0.2, -0.15) is 0 Å². The highest BCUT2D eigenvalue weighted by atomic mass is 32.1. The van der Waals surface area contributed by atoms with E-state index in [1.807, 2.05) is 11.3 Å². The summed E-state index contributed by atoms with van der Waals surface area (Å²) in [4.78, 5) is 3.73. The van der Waals surface area contributed by atoms with Gasteiger partial charge in [-0.05, 0) is 44.1 Å². The lowest BCUT2D eigenvalue weighted by Crippen LogP contribution is -2.16. The van der Waals surface area contributed by atoms with Gasteiger partial charge in [0.2, 0.25) is 0 Å². The van der Waals surface area contributed by atoms with E-state index < -0.39 is 0 Å². The summed E-state index contributed by atoms with van der Waals surface area (Å²) in [7, 11) is 4.27. The van der Waals surface area contributed by atoms with Gasteiger partial charge in [0.05, 0.1) is 0 Å². The van der Waals surface area contributed by atoms with Crippen LogP contribution in [0.2, 0.25) is 0 Å². The first kappa shape index (κ1) is 13.5. The number of fused-ring (bicyclic) bond motifs is 1. The van der Waals surface area contributed by atoms with Crippen molar-refractivity contribution < 1.29 is 0 Å². The minimum atomic E-state index is 0.996. The maximum Gasteiger partial charge on any atom is 0.0349 e. The maximum absolute atomic E-state index is 3.52. The Bertz CT molecular complexity index is 502. The lowest BCUT2D eigenvalue weighted by atomic mass is 10.1. The van der Waals surface area contributed by atoms with Crippen LogP contribution in [0, 0.1) is 0 Å². The summed E-state index contributed by atoms with van der Waals surface area (Å²) in [5.74, 6) is 0. The Morgan fingerprint density at radius 1 is 1.22 bits per heavy atom. The third-order valence-corrected chi connectivity index (χ3v) is 4.18. The molecule has 1 N–H and O–H groups in total. The Kier molecular flexibility index (Phi) is 4.75. The second-order valence-electron chi connectivity index (χ2n) is 4.91. The molecule has 0 aliphatic carbocycles. The van der Waals surface area contributed by atoms with Crippen LogP contribution in [0.15, 0.2) is 24.3 Å². The predicted octanol–water partition coefficient (Wildman–Crippen LogP) is 3.46. The van der Waals surface area contributed by atoms with Crippen molar-refractivity contribution in [2.75, 3.05) is 20.6 Å². The van der Waals surface area contributed by atoms with E-state index >= 15 is 0 Å². The van der Waals surface area contributed by atoms with E-state index in [-0.39, 0.29) is 0 Å². The summed E-state index contributed by atoms with van der Waals surface area (Å²) in [6.45, 7) is 5.32. The van der Waals surface area contributed by atoms with Crippen LogP contribution in [-0.2, 0) is 13.1 Å². The van der Waals surface area contributed by atoms with Crippen LogP contribution >= 0.6 is 11.3 Å². The van der Waals surface area contributed by atoms with Crippen LogP contribution < -0.4 is 5.32 Å². The predicted molar refractivity (Wildman–Crippen MR) is 81.2 cm³/mol. The Morgan fingerprint density at radius 3 is 2.72 bits per heavy atom. The fraction of sp³-hybridized carbons (Fsp3) is 0.467. The molecule has 0 unspecified atom stereocenters. The highest BCUT2D eigenvalue weighted by Gasteiger charge is 2.11. The summed E-state index contributed by atoms with van der Waals surface area (Å²) in [6, 6.07) is 8.73. The van der Waals surface area contributed by atoms with Crippen molar-refractivity contribution in [1.29, 1.82) is 0 Å². The molecule has 18 heavy (non-hydrogen) atoms. The molecular weight excluding hydrogens is 240 g/mol. The molecule has 2 rings (SSSR count). The number of benzene rings is 1. The molecule has 0 atom stereocenters. The monoisotopic (exact) mass is 262 g/mol. The molecule has 2 aromatic rings. The standard InChI is InChI=1S/C15H22N2S/c1-4-9-16-10-15-13(11-17(2)3)12-7-5-6-8-14(12)18-15/h5-8,16H,4,9-11H2,1-3H3. The van der Waals surface area contributed by atoms with Gasteiger partial charge in [0.1, 0.15) is 0 Å². The van der Waals surface area contributed by atoms with E-state index in [1.54, 1.807) is 0 Å². The van der Waals surface area contributed by atoms with Crippen molar-refractivity contribution in [3.05, 3.63) is 34.7 Å². The molecule has 3 heteroatoms. The minimum absolute atomic E-state index is 0.996. The molecule has 0 spiro atoms. The highest BCUT2D eigenvalue weighted by Crippen LogP contribution is 2.31. The molecule has 98 valence electrons. The van der Waals surface area contributed by atoms with Gasteiger partial charge in [-0.1, -0.05) is 25.1 Å². The Morgan fingerprint density at radius 2 is 2.00 bits per heavy atom. The van der Waals surface area contributed by atoms with E-state index in [2.05, 4.69) is 55.5 Å². The quantitative estimate of drug-likeness (QED) is 0.802. The van der Waals surface area contributed by atoms with E-state index in [0.29, 0.717) is 0 Å². The summed E-state index contributed by atoms with van der Waals surface area (Å²) in [5, 5.41) is 4.94. The van der Waals surface area contributed by atoms with Crippen LogP contribution in [0.4, 0.5) is 0 Å². The van der Waals surface area contributed by atoms with Gasteiger partial charge in [0.25, 0.3) is 0 Å². The Labute approximate surface area is 114 Å². The molecule has 1 aromatic carbocycles. The van der Waals surface area contributed by atoms with E-state index in [4.69, 9.17) is 0 Å². The first-order valence-corrected chi connectivity index (χ1v) is 7.38. The van der Waals surface area contributed by atoms with Crippen LogP contribution in [0.1, 0.15) is 23.8 Å². The molecule has 0 bridgehead atoms. The molecule has 0 saturated heterocycles. The number of hydrogen-bond donors (Lipinski definition) is 1. The van der Waals surface area contributed by atoms with Gasteiger partial charge in [-0.3, -0.25) is 0 Å². The lowest BCUT2D eigenvalue weighted by Gasteiger charge is -2.11. The normalized spacial score (nSPS) is 11.6. The maximum atomic E-state index is 3.52. The summed E-state index contributed by atoms with van der Waals surface area (Å²) in [5.41, 5.74) is 1.49. The number of nitrogens with zero attached hydrogens (tertiary/aromatic N) is 1. The molecule has 0 fully saturated rings. The largest absolute Gasteiger partial charge is 0.312 e. The zero-order valence-electron chi connectivity index (χ0n) is 11.5. The molecule has 0 aliphatic rings. The van der Waals surface area contributed by atoms with Crippen molar-refractivity contribution >= 4 is 21.4 Å². The summed E-state index contributed by atoms with van der Waals surface area (Å²) >= 11 is 1.93. The van der Waals surface area contributed by atoms with Crippen molar-refractivity contribution in [3.8, 4) is 0 Å². The van der Waals surface area contributed by atoms with Crippen LogP contribution in [0.25, 0.3) is 10.1 Å². The van der Waals surface area contributed by atoms with E-state index in [9.17, 15) is 0 Å².